The van der Waals surface area contributed by atoms with Crippen molar-refractivity contribution in [3.05, 3.63) is 35.1 Å². The number of nitrogens with two attached hydrogens (primary N) is 1. The van der Waals surface area contributed by atoms with E-state index in [0.717, 1.165) is 24.2 Å². The third-order valence-electron chi connectivity index (χ3n) is 2.99. The molecule has 0 aliphatic carbocycles. The van der Waals surface area contributed by atoms with Gasteiger partial charge in [0.1, 0.15) is 5.82 Å². The first-order chi connectivity index (χ1) is 8.92. The lowest BCUT2D eigenvalue weighted by Crippen LogP contribution is -2.31. The fourth-order valence-electron chi connectivity index (χ4n) is 2.35. The topological polar surface area (TPSA) is 29.3 Å². The molecule has 0 atom stereocenters. The van der Waals surface area contributed by atoms with E-state index in [1.807, 2.05) is 6.07 Å². The van der Waals surface area contributed by atoms with Crippen LogP contribution < -0.4 is 5.73 Å². The Morgan fingerprint density at radius 2 is 1.68 bits per heavy atom. The smallest absolute Gasteiger partial charge is 0.127 e. The summed E-state index contributed by atoms with van der Waals surface area (Å²) in [5.74, 6) is 1.04. The van der Waals surface area contributed by atoms with E-state index in [1.54, 1.807) is 6.07 Å². The molecular weight excluding hydrogens is 239 g/mol. The zero-order valence-electron chi connectivity index (χ0n) is 12.6. The van der Waals surface area contributed by atoms with Crippen molar-refractivity contribution in [2.45, 2.75) is 40.8 Å². The summed E-state index contributed by atoms with van der Waals surface area (Å²) in [4.78, 5) is 2.33. The lowest BCUT2D eigenvalue weighted by Gasteiger charge is -2.26. The standard InChI is InChI=1S/C16H27FN2/c1-12(2)9-19(10-13(3)4)11-15-7-14(8-18)5-6-16(15)17/h5-7,12-13H,8-11,18H2,1-4H3. The Balaban J connectivity index is 2.82. The van der Waals surface area contributed by atoms with E-state index in [-0.39, 0.29) is 5.82 Å². The Morgan fingerprint density at radius 1 is 1.11 bits per heavy atom. The van der Waals surface area contributed by atoms with Gasteiger partial charge in [0.25, 0.3) is 0 Å². The molecule has 0 saturated carbocycles. The highest BCUT2D eigenvalue weighted by Gasteiger charge is 2.13. The Morgan fingerprint density at radius 3 is 2.16 bits per heavy atom. The van der Waals surface area contributed by atoms with Gasteiger partial charge in [0.15, 0.2) is 0 Å². The average molecular weight is 266 g/mol. The number of rotatable bonds is 7. The van der Waals surface area contributed by atoms with Gasteiger partial charge >= 0.3 is 0 Å². The van der Waals surface area contributed by atoms with Crippen LogP contribution in [0, 0.1) is 17.7 Å². The maximum absolute atomic E-state index is 13.9. The van der Waals surface area contributed by atoms with Crippen molar-refractivity contribution in [1.29, 1.82) is 0 Å². The lowest BCUT2D eigenvalue weighted by molar-refractivity contribution is 0.209. The molecule has 0 bridgehead atoms. The van der Waals surface area contributed by atoms with Crippen LogP contribution in [0.5, 0.6) is 0 Å². The minimum Gasteiger partial charge on any atom is -0.326 e. The van der Waals surface area contributed by atoms with Crippen molar-refractivity contribution in [1.82, 2.24) is 4.90 Å². The number of hydrogen-bond acceptors (Lipinski definition) is 2. The van der Waals surface area contributed by atoms with Crippen molar-refractivity contribution in [3.63, 3.8) is 0 Å². The number of hydrogen-bond donors (Lipinski definition) is 1. The molecule has 1 rings (SSSR count). The largest absolute Gasteiger partial charge is 0.326 e. The molecule has 0 aromatic heterocycles. The molecular formula is C16H27FN2. The van der Waals surface area contributed by atoms with Crippen molar-refractivity contribution in [3.8, 4) is 0 Å². The van der Waals surface area contributed by atoms with Crippen molar-refractivity contribution >= 4 is 0 Å². The molecule has 2 nitrogen and oxygen atoms in total. The Labute approximate surface area is 116 Å². The molecule has 0 unspecified atom stereocenters. The van der Waals surface area contributed by atoms with Crippen LogP contribution in [-0.2, 0) is 13.1 Å². The van der Waals surface area contributed by atoms with Crippen LogP contribution in [0.25, 0.3) is 0 Å². The maximum Gasteiger partial charge on any atom is 0.127 e. The highest BCUT2D eigenvalue weighted by molar-refractivity contribution is 5.25. The lowest BCUT2D eigenvalue weighted by atomic mass is 10.1. The van der Waals surface area contributed by atoms with Crippen LogP contribution in [0.3, 0.4) is 0 Å². The molecule has 0 fully saturated rings. The normalized spacial score (nSPS) is 11.8. The maximum atomic E-state index is 13.9. The van der Waals surface area contributed by atoms with Crippen LogP contribution >= 0.6 is 0 Å². The highest BCUT2D eigenvalue weighted by Crippen LogP contribution is 2.15. The molecule has 1 aromatic rings. The van der Waals surface area contributed by atoms with Gasteiger partial charge in [-0.25, -0.2) is 4.39 Å². The van der Waals surface area contributed by atoms with Gasteiger partial charge in [-0.3, -0.25) is 4.90 Å². The summed E-state index contributed by atoms with van der Waals surface area (Å²) < 4.78 is 13.9. The summed E-state index contributed by atoms with van der Waals surface area (Å²) in [6.07, 6.45) is 0. The van der Waals surface area contributed by atoms with E-state index in [1.165, 1.54) is 6.07 Å². The second-order valence-corrected chi connectivity index (χ2v) is 6.11. The summed E-state index contributed by atoms with van der Waals surface area (Å²) in [7, 11) is 0. The molecule has 1 aromatic carbocycles. The summed E-state index contributed by atoms with van der Waals surface area (Å²) in [6, 6.07) is 5.18. The van der Waals surface area contributed by atoms with Gasteiger partial charge in [-0.15, -0.1) is 0 Å². The van der Waals surface area contributed by atoms with E-state index in [4.69, 9.17) is 5.73 Å². The third kappa shape index (κ3) is 5.70. The Bertz CT molecular complexity index is 378. The first kappa shape index (κ1) is 16.1. The van der Waals surface area contributed by atoms with E-state index >= 15 is 0 Å². The van der Waals surface area contributed by atoms with Crippen molar-refractivity contribution in [2.75, 3.05) is 13.1 Å². The van der Waals surface area contributed by atoms with Gasteiger partial charge in [0.05, 0.1) is 0 Å². The molecule has 0 amide bonds. The third-order valence-corrected chi connectivity index (χ3v) is 2.99. The highest BCUT2D eigenvalue weighted by atomic mass is 19.1. The second kappa shape index (κ2) is 7.61. The van der Waals surface area contributed by atoms with Crippen molar-refractivity contribution in [2.24, 2.45) is 17.6 Å². The number of halogens is 1. The first-order valence-corrected chi connectivity index (χ1v) is 7.12. The SMILES string of the molecule is CC(C)CN(Cc1cc(CN)ccc1F)CC(C)C. The van der Waals surface area contributed by atoms with Crippen LogP contribution in [0.2, 0.25) is 0 Å². The van der Waals surface area contributed by atoms with Crippen molar-refractivity contribution < 1.29 is 4.39 Å². The van der Waals surface area contributed by atoms with E-state index in [0.29, 0.717) is 24.9 Å². The van der Waals surface area contributed by atoms with Gasteiger partial charge < -0.3 is 5.73 Å². The van der Waals surface area contributed by atoms with Gasteiger partial charge in [-0.05, 0) is 23.5 Å². The minimum absolute atomic E-state index is 0.130. The summed E-state index contributed by atoms with van der Waals surface area (Å²) >= 11 is 0. The minimum atomic E-state index is -0.130. The summed E-state index contributed by atoms with van der Waals surface area (Å²) in [6.45, 7) is 11.9. The molecule has 3 heteroatoms. The van der Waals surface area contributed by atoms with Gasteiger partial charge in [0, 0.05) is 31.7 Å². The molecule has 19 heavy (non-hydrogen) atoms. The van der Waals surface area contributed by atoms with E-state index in [2.05, 4.69) is 32.6 Å². The number of nitrogens with zero attached hydrogens (tertiary/aromatic N) is 1. The number of benzene rings is 1. The molecule has 0 aliphatic rings. The fourth-order valence-corrected chi connectivity index (χ4v) is 2.35. The Kier molecular flexibility index (Phi) is 6.46. The summed E-state index contributed by atoms with van der Waals surface area (Å²) in [5, 5.41) is 0. The second-order valence-electron chi connectivity index (χ2n) is 6.11. The quantitative estimate of drug-likeness (QED) is 0.819. The van der Waals surface area contributed by atoms with Crippen LogP contribution in [-0.4, -0.2) is 18.0 Å². The fraction of sp³-hybridized carbons (Fsp3) is 0.625. The summed E-state index contributed by atoms with van der Waals surface area (Å²) in [5.41, 5.74) is 7.37. The zero-order chi connectivity index (χ0) is 14.4. The molecule has 108 valence electrons. The monoisotopic (exact) mass is 266 g/mol. The molecule has 0 aliphatic heterocycles. The molecule has 0 saturated heterocycles. The van der Waals surface area contributed by atoms with Gasteiger partial charge in [0.2, 0.25) is 0 Å². The molecule has 2 N–H and O–H groups in total. The van der Waals surface area contributed by atoms with E-state index in [9.17, 15) is 4.39 Å². The molecule has 0 spiro atoms. The predicted octanol–water partition coefficient (Wildman–Crippen LogP) is 3.40. The Hall–Kier alpha value is -0.930. The van der Waals surface area contributed by atoms with Crippen LogP contribution in [0.15, 0.2) is 18.2 Å². The van der Waals surface area contributed by atoms with Crippen LogP contribution in [0.1, 0.15) is 38.8 Å². The average Bonchev–Trinajstić information content (AvgIpc) is 2.30. The van der Waals surface area contributed by atoms with Gasteiger partial charge in [-0.1, -0.05) is 39.8 Å². The predicted molar refractivity (Wildman–Crippen MR) is 79.2 cm³/mol. The molecule has 0 radical (unpaired) electrons. The van der Waals surface area contributed by atoms with Gasteiger partial charge in [-0.2, -0.15) is 0 Å². The van der Waals surface area contributed by atoms with E-state index < -0.39 is 0 Å². The molecule has 0 heterocycles. The first-order valence-electron chi connectivity index (χ1n) is 7.12. The van der Waals surface area contributed by atoms with Crippen LogP contribution in [0.4, 0.5) is 4.39 Å². The zero-order valence-corrected chi connectivity index (χ0v) is 12.6.